The summed E-state index contributed by atoms with van der Waals surface area (Å²) in [6.45, 7) is 7.80. The number of rotatable bonds is 3. The highest BCUT2D eigenvalue weighted by molar-refractivity contribution is 6.34. The number of aromatic hydroxyl groups is 1. The van der Waals surface area contributed by atoms with E-state index in [4.69, 9.17) is 21.6 Å². The van der Waals surface area contributed by atoms with Crippen LogP contribution in [0.2, 0.25) is 5.02 Å². The van der Waals surface area contributed by atoms with Crippen molar-refractivity contribution in [3.8, 4) is 22.7 Å². The maximum atomic E-state index is 14.9. The van der Waals surface area contributed by atoms with Crippen LogP contribution >= 0.6 is 11.6 Å². The van der Waals surface area contributed by atoms with Crippen LogP contribution in [0.25, 0.3) is 39.0 Å². The molecule has 37 heavy (non-hydrogen) atoms. The molecule has 0 atom stereocenters. The van der Waals surface area contributed by atoms with Gasteiger partial charge in [-0.1, -0.05) is 31.5 Å². The summed E-state index contributed by atoms with van der Waals surface area (Å²) in [4.78, 5) is 28.3. The van der Waals surface area contributed by atoms with E-state index in [-0.39, 0.29) is 33.5 Å². The van der Waals surface area contributed by atoms with E-state index in [1.807, 2.05) is 31.4 Å². The Morgan fingerprint density at radius 3 is 2.78 bits per heavy atom. The average Bonchev–Trinajstić information content (AvgIpc) is 3.26. The van der Waals surface area contributed by atoms with Crippen molar-refractivity contribution in [1.82, 2.24) is 29.4 Å². The zero-order valence-corrected chi connectivity index (χ0v) is 21.3. The van der Waals surface area contributed by atoms with Gasteiger partial charge in [0.2, 0.25) is 0 Å². The molecule has 10 heteroatoms. The molecule has 4 aromatic heterocycles. The highest BCUT2D eigenvalue weighted by Gasteiger charge is 2.27. The molecular formula is C27H24ClFN6O2. The van der Waals surface area contributed by atoms with E-state index in [0.717, 1.165) is 23.6 Å². The number of benzene rings is 1. The predicted molar refractivity (Wildman–Crippen MR) is 141 cm³/mol. The second-order valence-electron chi connectivity index (χ2n) is 9.53. The lowest BCUT2D eigenvalue weighted by molar-refractivity contribution is 0.471. The quantitative estimate of drug-likeness (QED) is 0.355. The van der Waals surface area contributed by atoms with Gasteiger partial charge in [0.15, 0.2) is 11.2 Å². The minimum absolute atomic E-state index is 0.00864. The number of imidazole rings is 1. The third-order valence-electron chi connectivity index (χ3n) is 6.82. The van der Waals surface area contributed by atoms with Crippen LogP contribution in [0.5, 0.6) is 5.75 Å². The second kappa shape index (κ2) is 8.64. The monoisotopic (exact) mass is 518 g/mol. The first kappa shape index (κ1) is 23.6. The third-order valence-corrected chi connectivity index (χ3v) is 7.11. The van der Waals surface area contributed by atoms with Gasteiger partial charge in [0.1, 0.15) is 17.4 Å². The highest BCUT2D eigenvalue weighted by atomic mass is 35.5. The Kier molecular flexibility index (Phi) is 5.50. The predicted octanol–water partition coefficient (Wildman–Crippen LogP) is 4.83. The van der Waals surface area contributed by atoms with Gasteiger partial charge in [0.25, 0.3) is 5.56 Å². The Hall–Kier alpha value is -3.82. The molecule has 0 unspecified atom stereocenters. The van der Waals surface area contributed by atoms with Crippen molar-refractivity contribution in [2.75, 3.05) is 6.54 Å². The number of nitrogens with zero attached hydrogens (tertiary/aromatic N) is 5. The lowest BCUT2D eigenvalue weighted by Gasteiger charge is -2.20. The van der Waals surface area contributed by atoms with Crippen LogP contribution in [0.4, 0.5) is 4.39 Å². The average molecular weight is 519 g/mol. The second-order valence-corrected chi connectivity index (χ2v) is 9.94. The molecule has 1 aliphatic rings. The van der Waals surface area contributed by atoms with Crippen LogP contribution in [0.1, 0.15) is 36.8 Å². The molecule has 0 aliphatic carbocycles. The summed E-state index contributed by atoms with van der Waals surface area (Å²) in [5, 5.41) is 14.5. The van der Waals surface area contributed by atoms with Crippen LogP contribution in [0, 0.1) is 12.7 Å². The Morgan fingerprint density at radius 1 is 1.22 bits per heavy atom. The van der Waals surface area contributed by atoms with Crippen LogP contribution in [-0.4, -0.2) is 35.7 Å². The van der Waals surface area contributed by atoms with E-state index in [2.05, 4.69) is 10.3 Å². The molecule has 0 bridgehead atoms. The number of fused-ring (bicyclic) bond motifs is 5. The molecular weight excluding hydrogens is 495 g/mol. The van der Waals surface area contributed by atoms with Crippen molar-refractivity contribution < 1.29 is 9.50 Å². The van der Waals surface area contributed by atoms with Gasteiger partial charge >= 0.3 is 0 Å². The van der Waals surface area contributed by atoms with E-state index in [1.54, 1.807) is 12.3 Å². The molecule has 188 valence electrons. The number of aryl methyl sites for hydroxylation is 1. The van der Waals surface area contributed by atoms with Gasteiger partial charge in [-0.15, -0.1) is 0 Å². The van der Waals surface area contributed by atoms with Gasteiger partial charge in [-0.25, -0.2) is 14.4 Å². The molecule has 8 nitrogen and oxygen atoms in total. The van der Waals surface area contributed by atoms with Gasteiger partial charge in [0, 0.05) is 24.7 Å². The molecule has 2 N–H and O–H groups in total. The van der Waals surface area contributed by atoms with Gasteiger partial charge < -0.3 is 15.0 Å². The number of hydrogen-bond donors (Lipinski definition) is 2. The maximum Gasteiger partial charge on any atom is 0.284 e. The fraction of sp³-hybridized carbons (Fsp3) is 0.259. The first-order chi connectivity index (χ1) is 17.8. The number of halogens is 2. The van der Waals surface area contributed by atoms with Crippen molar-refractivity contribution in [2.45, 2.75) is 39.8 Å². The minimum Gasteiger partial charge on any atom is -0.507 e. The van der Waals surface area contributed by atoms with Gasteiger partial charge in [-0.2, -0.15) is 0 Å². The Bertz CT molecular complexity index is 1770. The summed E-state index contributed by atoms with van der Waals surface area (Å²) in [5.41, 5.74) is 2.98. The van der Waals surface area contributed by atoms with E-state index in [0.29, 0.717) is 40.8 Å². The smallest absolute Gasteiger partial charge is 0.284 e. The minimum atomic E-state index is -0.669. The number of hydrogen-bond acceptors (Lipinski definition) is 6. The molecule has 5 aromatic rings. The number of phenolic OH excluding ortho intramolecular Hbond substituents is 1. The topological polar surface area (TPSA) is 97.9 Å². The molecule has 0 saturated heterocycles. The summed E-state index contributed by atoms with van der Waals surface area (Å²) in [5.74, 6) is -0.209. The summed E-state index contributed by atoms with van der Waals surface area (Å²) in [7, 11) is 0. The highest BCUT2D eigenvalue weighted by Crippen LogP contribution is 2.38. The van der Waals surface area contributed by atoms with Crippen LogP contribution < -0.4 is 10.9 Å². The van der Waals surface area contributed by atoms with Crippen LogP contribution in [0.15, 0.2) is 41.3 Å². The third kappa shape index (κ3) is 3.53. The number of pyridine rings is 3. The van der Waals surface area contributed by atoms with Crippen molar-refractivity contribution in [1.29, 1.82) is 0 Å². The summed E-state index contributed by atoms with van der Waals surface area (Å²) < 4.78 is 18.4. The first-order valence-electron chi connectivity index (χ1n) is 12.1. The molecule has 0 spiro atoms. The van der Waals surface area contributed by atoms with Gasteiger partial charge in [-0.05, 0) is 42.7 Å². The Morgan fingerprint density at radius 2 is 2.03 bits per heavy atom. The molecule has 0 radical (unpaired) electrons. The lowest BCUT2D eigenvalue weighted by Crippen LogP contribution is -2.28. The fourth-order valence-electron chi connectivity index (χ4n) is 5.13. The lowest BCUT2D eigenvalue weighted by atomic mass is 10.0. The zero-order chi connectivity index (χ0) is 26.0. The summed E-state index contributed by atoms with van der Waals surface area (Å²) in [6, 6.07) is 7.53. The SMILES string of the molecule is Cc1ccnc(C(C)C)c1-n1c(=O)c2nc3n(c2c2cc(Cl)c(-c4c(O)cccc4F)nc21)CCNC3. The molecule has 0 amide bonds. The summed E-state index contributed by atoms with van der Waals surface area (Å²) >= 11 is 6.70. The van der Waals surface area contributed by atoms with E-state index >= 15 is 0 Å². The number of nitrogens with one attached hydrogen (secondary N) is 1. The molecule has 6 rings (SSSR count). The largest absolute Gasteiger partial charge is 0.507 e. The molecule has 5 heterocycles. The Labute approximate surface area is 216 Å². The molecule has 0 saturated carbocycles. The van der Waals surface area contributed by atoms with Crippen molar-refractivity contribution in [3.05, 3.63) is 74.8 Å². The van der Waals surface area contributed by atoms with Crippen LogP contribution in [0.3, 0.4) is 0 Å². The Balaban J connectivity index is 1.84. The fourth-order valence-corrected chi connectivity index (χ4v) is 5.37. The van der Waals surface area contributed by atoms with Crippen molar-refractivity contribution >= 4 is 33.7 Å². The van der Waals surface area contributed by atoms with Gasteiger partial charge in [0.05, 0.1) is 39.7 Å². The summed E-state index contributed by atoms with van der Waals surface area (Å²) in [6.07, 6.45) is 1.72. The molecule has 1 aromatic carbocycles. The standard InChI is InChI=1S/C27H24ClFN6O2/c1-13(2)21-24(14(3)7-8-31-21)35-26-15(25-23(27(35)37)32-19-12-30-9-10-34(19)25)11-16(28)22(33-26)20-17(29)5-4-6-18(20)36/h4-8,11,13,30,36H,9-10,12H2,1-3H3. The van der Waals surface area contributed by atoms with Crippen molar-refractivity contribution in [3.63, 3.8) is 0 Å². The maximum absolute atomic E-state index is 14.9. The first-order valence-corrected chi connectivity index (χ1v) is 12.4. The normalized spacial score (nSPS) is 13.6. The van der Waals surface area contributed by atoms with Gasteiger partial charge in [-0.3, -0.25) is 14.3 Å². The van der Waals surface area contributed by atoms with E-state index < -0.39 is 5.82 Å². The number of phenols is 1. The molecule has 1 aliphatic heterocycles. The van der Waals surface area contributed by atoms with E-state index in [9.17, 15) is 14.3 Å². The van der Waals surface area contributed by atoms with Crippen molar-refractivity contribution in [2.24, 2.45) is 0 Å². The zero-order valence-electron chi connectivity index (χ0n) is 20.5. The van der Waals surface area contributed by atoms with Crippen LogP contribution in [-0.2, 0) is 13.1 Å². The molecule has 0 fully saturated rings. The van der Waals surface area contributed by atoms with E-state index in [1.165, 1.54) is 22.8 Å². The number of aromatic nitrogens is 5.